The number of anilines is 1. The van der Waals surface area contributed by atoms with Crippen molar-refractivity contribution in [3.05, 3.63) is 28.6 Å². The molecule has 2 aromatic rings. The van der Waals surface area contributed by atoms with E-state index in [9.17, 15) is 4.79 Å². The highest BCUT2D eigenvalue weighted by atomic mass is 79.9. The van der Waals surface area contributed by atoms with E-state index in [2.05, 4.69) is 26.2 Å². The number of aryl methyl sites for hydroxylation is 1. The second-order valence-electron chi connectivity index (χ2n) is 4.78. The van der Waals surface area contributed by atoms with Crippen molar-refractivity contribution >= 4 is 33.2 Å². The molecule has 1 N–H and O–H groups in total. The van der Waals surface area contributed by atoms with Crippen molar-refractivity contribution in [3.63, 3.8) is 0 Å². The fourth-order valence-corrected chi connectivity index (χ4v) is 2.16. The van der Waals surface area contributed by atoms with Crippen molar-refractivity contribution in [2.24, 2.45) is 5.92 Å². The molecule has 0 radical (unpaired) electrons. The van der Waals surface area contributed by atoms with E-state index in [1.54, 1.807) is 0 Å². The number of aromatic nitrogens is 2. The van der Waals surface area contributed by atoms with Crippen LogP contribution in [0.4, 0.5) is 5.69 Å². The minimum absolute atomic E-state index is 0.0428. The zero-order chi connectivity index (χ0) is 13.3. The largest absolute Gasteiger partial charge is 0.325 e. The molecule has 2 heterocycles. The first-order chi connectivity index (χ1) is 8.47. The number of carbonyl (C=O) groups excluding carboxylic acids is 1. The van der Waals surface area contributed by atoms with Gasteiger partial charge in [0.25, 0.3) is 0 Å². The van der Waals surface area contributed by atoms with Crippen molar-refractivity contribution in [1.82, 2.24) is 9.38 Å². The van der Waals surface area contributed by atoms with Crippen LogP contribution in [-0.2, 0) is 4.79 Å². The number of pyridine rings is 1. The fourth-order valence-electron chi connectivity index (χ4n) is 1.79. The van der Waals surface area contributed by atoms with E-state index in [0.29, 0.717) is 12.3 Å². The molecular weight excluding hydrogens is 294 g/mol. The molecule has 0 saturated carbocycles. The van der Waals surface area contributed by atoms with Crippen LogP contribution in [-0.4, -0.2) is 15.3 Å². The summed E-state index contributed by atoms with van der Waals surface area (Å²) in [5.74, 6) is 0.402. The molecular formula is C13H16BrN3O. The molecule has 0 bridgehead atoms. The Kier molecular flexibility index (Phi) is 3.71. The van der Waals surface area contributed by atoms with E-state index in [1.165, 1.54) is 0 Å². The van der Waals surface area contributed by atoms with Crippen LogP contribution in [0.5, 0.6) is 0 Å². The summed E-state index contributed by atoms with van der Waals surface area (Å²) in [6.45, 7) is 6.03. The predicted molar refractivity (Wildman–Crippen MR) is 75.7 cm³/mol. The summed E-state index contributed by atoms with van der Waals surface area (Å²) in [6, 6.07) is 3.76. The number of hydrogen-bond acceptors (Lipinski definition) is 2. The normalized spacial score (nSPS) is 11.2. The number of halogens is 1. The minimum atomic E-state index is 0.0428. The van der Waals surface area contributed by atoms with Crippen molar-refractivity contribution in [1.29, 1.82) is 0 Å². The maximum absolute atomic E-state index is 11.7. The van der Waals surface area contributed by atoms with Crippen LogP contribution < -0.4 is 5.32 Å². The molecule has 0 unspecified atom stereocenters. The van der Waals surface area contributed by atoms with Crippen LogP contribution in [0, 0.1) is 12.8 Å². The molecule has 2 rings (SSSR count). The van der Waals surface area contributed by atoms with E-state index >= 15 is 0 Å². The first-order valence-corrected chi connectivity index (χ1v) is 6.70. The summed E-state index contributed by atoms with van der Waals surface area (Å²) in [7, 11) is 0. The number of nitrogens with zero attached hydrogens (tertiary/aromatic N) is 2. The number of imidazole rings is 1. The minimum Gasteiger partial charge on any atom is -0.325 e. The molecule has 0 atom stereocenters. The summed E-state index contributed by atoms with van der Waals surface area (Å²) < 4.78 is 2.78. The zero-order valence-electron chi connectivity index (χ0n) is 10.7. The standard InChI is InChI=1S/C13H16BrN3O/c1-8(2)6-12(18)15-10-4-5-11-16-13(14)9(3)17(11)7-10/h4-5,7-8H,6H2,1-3H3,(H,15,18). The van der Waals surface area contributed by atoms with Gasteiger partial charge in [-0.2, -0.15) is 0 Å². The van der Waals surface area contributed by atoms with Crippen LogP contribution in [0.3, 0.4) is 0 Å². The summed E-state index contributed by atoms with van der Waals surface area (Å²) in [6.07, 6.45) is 2.42. The smallest absolute Gasteiger partial charge is 0.224 e. The van der Waals surface area contributed by atoms with Crippen molar-refractivity contribution in [2.45, 2.75) is 27.2 Å². The molecule has 1 amide bonds. The van der Waals surface area contributed by atoms with Gasteiger partial charge in [-0.1, -0.05) is 13.8 Å². The van der Waals surface area contributed by atoms with Crippen LogP contribution >= 0.6 is 15.9 Å². The van der Waals surface area contributed by atoms with Crippen molar-refractivity contribution in [3.8, 4) is 0 Å². The van der Waals surface area contributed by atoms with Gasteiger partial charge in [0, 0.05) is 12.6 Å². The maximum atomic E-state index is 11.7. The van der Waals surface area contributed by atoms with Gasteiger partial charge in [0.15, 0.2) is 0 Å². The summed E-state index contributed by atoms with van der Waals surface area (Å²) >= 11 is 3.40. The number of hydrogen-bond donors (Lipinski definition) is 1. The number of rotatable bonds is 3. The third-order valence-corrected chi connectivity index (χ3v) is 3.43. The molecule has 0 fully saturated rings. The van der Waals surface area contributed by atoms with Gasteiger partial charge in [0.05, 0.1) is 11.4 Å². The van der Waals surface area contributed by atoms with Gasteiger partial charge < -0.3 is 9.72 Å². The van der Waals surface area contributed by atoms with Gasteiger partial charge in [-0.25, -0.2) is 4.98 Å². The lowest BCUT2D eigenvalue weighted by Crippen LogP contribution is -2.14. The van der Waals surface area contributed by atoms with Gasteiger partial charge in [-0.05, 0) is 40.9 Å². The maximum Gasteiger partial charge on any atom is 0.224 e. The molecule has 18 heavy (non-hydrogen) atoms. The second-order valence-corrected chi connectivity index (χ2v) is 5.53. The quantitative estimate of drug-likeness (QED) is 0.944. The molecule has 0 saturated heterocycles. The summed E-state index contributed by atoms with van der Waals surface area (Å²) in [5.41, 5.74) is 2.67. The number of nitrogens with one attached hydrogen (secondary N) is 1. The highest BCUT2D eigenvalue weighted by Crippen LogP contribution is 2.19. The lowest BCUT2D eigenvalue weighted by Gasteiger charge is -2.07. The first kappa shape index (κ1) is 13.1. The van der Waals surface area contributed by atoms with E-state index in [-0.39, 0.29) is 5.91 Å². The van der Waals surface area contributed by atoms with Crippen molar-refractivity contribution in [2.75, 3.05) is 5.32 Å². The fraction of sp³-hybridized carbons (Fsp3) is 0.385. The van der Waals surface area contributed by atoms with Crippen molar-refractivity contribution < 1.29 is 4.79 Å². The topological polar surface area (TPSA) is 46.4 Å². The second kappa shape index (κ2) is 5.10. The van der Waals surface area contributed by atoms with Gasteiger partial charge in [0.2, 0.25) is 5.91 Å². The Morgan fingerprint density at radius 3 is 2.89 bits per heavy atom. The van der Waals surface area contributed by atoms with Gasteiger partial charge in [-0.15, -0.1) is 0 Å². The molecule has 96 valence electrons. The molecule has 0 aliphatic carbocycles. The van der Waals surface area contributed by atoms with E-state index < -0.39 is 0 Å². The number of amides is 1. The lowest BCUT2D eigenvalue weighted by molar-refractivity contribution is -0.116. The predicted octanol–water partition coefficient (Wildman–Crippen LogP) is 3.39. The Morgan fingerprint density at radius 2 is 2.22 bits per heavy atom. The van der Waals surface area contributed by atoms with Crippen LogP contribution in [0.1, 0.15) is 26.0 Å². The van der Waals surface area contributed by atoms with E-state index in [4.69, 9.17) is 0 Å². The molecule has 5 heteroatoms. The molecule has 2 aromatic heterocycles. The Balaban J connectivity index is 2.24. The Labute approximate surface area is 115 Å². The summed E-state index contributed by atoms with van der Waals surface area (Å²) in [5, 5.41) is 2.90. The number of fused-ring (bicyclic) bond motifs is 1. The highest BCUT2D eigenvalue weighted by molar-refractivity contribution is 9.10. The van der Waals surface area contributed by atoms with Gasteiger partial charge in [0.1, 0.15) is 10.3 Å². The third kappa shape index (κ3) is 2.72. The zero-order valence-corrected chi connectivity index (χ0v) is 12.3. The molecule has 0 spiro atoms. The van der Waals surface area contributed by atoms with Gasteiger partial charge >= 0.3 is 0 Å². The Bertz CT molecular complexity index is 589. The van der Waals surface area contributed by atoms with E-state index in [0.717, 1.165) is 21.6 Å². The monoisotopic (exact) mass is 309 g/mol. The molecule has 0 aliphatic heterocycles. The molecule has 0 aromatic carbocycles. The van der Waals surface area contributed by atoms with Crippen LogP contribution in [0.2, 0.25) is 0 Å². The molecule has 4 nitrogen and oxygen atoms in total. The average molecular weight is 310 g/mol. The average Bonchev–Trinajstić information content (AvgIpc) is 2.54. The summed E-state index contributed by atoms with van der Waals surface area (Å²) in [4.78, 5) is 16.1. The highest BCUT2D eigenvalue weighted by Gasteiger charge is 2.08. The first-order valence-electron chi connectivity index (χ1n) is 5.91. The lowest BCUT2D eigenvalue weighted by atomic mass is 10.1. The van der Waals surface area contributed by atoms with Crippen LogP contribution in [0.15, 0.2) is 22.9 Å². The third-order valence-electron chi connectivity index (χ3n) is 2.68. The Morgan fingerprint density at radius 1 is 1.50 bits per heavy atom. The SMILES string of the molecule is Cc1c(Br)nc2ccc(NC(=O)CC(C)C)cn12. The Hall–Kier alpha value is -1.36. The molecule has 0 aliphatic rings. The number of carbonyl (C=O) groups is 1. The van der Waals surface area contributed by atoms with Crippen LogP contribution in [0.25, 0.3) is 5.65 Å². The van der Waals surface area contributed by atoms with Gasteiger partial charge in [-0.3, -0.25) is 4.79 Å². The van der Waals surface area contributed by atoms with E-state index in [1.807, 2.05) is 43.5 Å².